The van der Waals surface area contributed by atoms with Gasteiger partial charge in [0, 0.05) is 31.4 Å². The lowest BCUT2D eigenvalue weighted by Gasteiger charge is -2.27. The van der Waals surface area contributed by atoms with E-state index in [1.807, 2.05) is 0 Å². The zero-order chi connectivity index (χ0) is 20.0. The number of nitrogens with one attached hydrogen (secondary N) is 1. The number of rotatable bonds is 4. The highest BCUT2D eigenvalue weighted by molar-refractivity contribution is 7.09. The molecule has 1 aliphatic rings. The highest BCUT2D eigenvalue weighted by Gasteiger charge is 2.38. The highest BCUT2D eigenvalue weighted by Crippen LogP contribution is 2.17. The monoisotopic (exact) mass is 405 g/mol. The van der Waals surface area contributed by atoms with Crippen molar-refractivity contribution in [3.8, 4) is 0 Å². The summed E-state index contributed by atoms with van der Waals surface area (Å²) in [6.07, 6.45) is -5.08. The molecule has 0 bridgehead atoms. The van der Waals surface area contributed by atoms with E-state index in [2.05, 4.69) is 42.5 Å². The van der Waals surface area contributed by atoms with Crippen LogP contribution < -0.4 is 5.32 Å². The molecule has 0 unspecified atom stereocenters. The predicted molar refractivity (Wildman–Crippen MR) is 89.7 cm³/mol. The molecule has 148 valence electrons. The Bertz CT molecular complexity index is 776. The quantitative estimate of drug-likeness (QED) is 0.802. The van der Waals surface area contributed by atoms with Crippen molar-refractivity contribution < 1.29 is 27.9 Å². The number of aliphatic carboxylic acids is 1. The molecule has 0 aromatic carbocycles. The fourth-order valence-corrected chi connectivity index (χ4v) is 3.11. The number of carboxylic acids is 1. The molecule has 1 aliphatic heterocycles. The molecule has 0 spiro atoms. The van der Waals surface area contributed by atoms with Crippen molar-refractivity contribution in [2.75, 3.05) is 6.54 Å². The maximum Gasteiger partial charge on any atom is 0.490 e. The predicted octanol–water partition coefficient (Wildman–Crippen LogP) is 1.62. The summed E-state index contributed by atoms with van der Waals surface area (Å²) in [6.45, 7) is 5.60. The number of carbonyl (C=O) groups excluding carboxylic acids is 1. The van der Waals surface area contributed by atoms with E-state index < -0.39 is 12.1 Å². The number of fused-ring (bicyclic) bond motifs is 1. The van der Waals surface area contributed by atoms with Crippen molar-refractivity contribution in [3.05, 3.63) is 34.0 Å². The van der Waals surface area contributed by atoms with E-state index in [0.29, 0.717) is 6.54 Å². The van der Waals surface area contributed by atoms with Crippen molar-refractivity contribution in [2.24, 2.45) is 0 Å². The zero-order valence-corrected chi connectivity index (χ0v) is 15.2. The van der Waals surface area contributed by atoms with Crippen LogP contribution in [0, 0.1) is 0 Å². The lowest BCUT2D eigenvalue weighted by Crippen LogP contribution is -2.34. The number of hydrogen-bond acceptors (Lipinski definition) is 6. The van der Waals surface area contributed by atoms with Gasteiger partial charge in [-0.25, -0.2) is 4.79 Å². The van der Waals surface area contributed by atoms with Crippen LogP contribution in [0.4, 0.5) is 13.2 Å². The molecule has 8 nitrogen and oxygen atoms in total. The van der Waals surface area contributed by atoms with Gasteiger partial charge < -0.3 is 15.0 Å². The Kier molecular flexibility index (Phi) is 6.91. The molecule has 1 amide bonds. The van der Waals surface area contributed by atoms with Crippen LogP contribution in [0.1, 0.15) is 23.4 Å². The minimum absolute atomic E-state index is 0.0440. The average Bonchev–Trinajstić information content (AvgIpc) is 3.22. The molecule has 3 rings (SSSR count). The molecule has 2 N–H and O–H groups in total. The van der Waals surface area contributed by atoms with Gasteiger partial charge in [0.25, 0.3) is 0 Å². The topological polar surface area (TPSA) is 100 Å². The normalized spacial score (nSPS) is 14.1. The van der Waals surface area contributed by atoms with Gasteiger partial charge in [-0.1, -0.05) is 6.07 Å². The van der Waals surface area contributed by atoms with Crippen molar-refractivity contribution in [3.63, 3.8) is 0 Å². The third kappa shape index (κ3) is 6.32. The van der Waals surface area contributed by atoms with E-state index in [9.17, 15) is 18.0 Å². The molecule has 3 heterocycles. The number of hydrogen-bond donors (Lipinski definition) is 2. The molecule has 0 saturated heterocycles. The molecule has 0 aliphatic carbocycles. The number of thiophene rings is 1. The summed E-state index contributed by atoms with van der Waals surface area (Å²) in [7, 11) is 0. The second kappa shape index (κ2) is 8.95. The molecule has 0 atom stereocenters. The van der Waals surface area contributed by atoms with Gasteiger partial charge in [-0.15, -0.1) is 21.5 Å². The second-order valence-corrected chi connectivity index (χ2v) is 6.72. The van der Waals surface area contributed by atoms with Gasteiger partial charge in [-0.3, -0.25) is 9.69 Å². The summed E-state index contributed by atoms with van der Waals surface area (Å²) in [5.74, 6) is -0.982. The largest absolute Gasteiger partial charge is 0.490 e. The first kappa shape index (κ1) is 20.8. The number of halogens is 3. The Morgan fingerprint density at radius 3 is 2.59 bits per heavy atom. The maximum absolute atomic E-state index is 11.0. The summed E-state index contributed by atoms with van der Waals surface area (Å²) >= 11 is 1.78. The lowest BCUT2D eigenvalue weighted by atomic mass is 10.3. The van der Waals surface area contributed by atoms with Crippen molar-refractivity contribution >= 4 is 23.2 Å². The number of aromatic nitrogens is 3. The first-order chi connectivity index (χ1) is 12.7. The Hall–Kier alpha value is -2.47. The van der Waals surface area contributed by atoms with Crippen molar-refractivity contribution in [1.29, 1.82) is 0 Å². The third-order valence-corrected chi connectivity index (χ3v) is 4.47. The fourth-order valence-electron chi connectivity index (χ4n) is 2.36. The van der Waals surface area contributed by atoms with Gasteiger partial charge in [-0.2, -0.15) is 13.2 Å². The standard InChI is InChI=1S/C13H17N5OS.C2HF3O2/c1-10(19)14-7-12-15-16-13-9-17(4-5-18(12)13)8-11-3-2-6-20-11;3-2(4,5)1(6)7/h2-3,6H,4-5,7-9H2,1H3,(H,14,19);(H,6,7). The second-order valence-electron chi connectivity index (χ2n) is 5.69. The molecule has 0 fully saturated rings. The zero-order valence-electron chi connectivity index (χ0n) is 14.4. The fraction of sp³-hybridized carbons (Fsp3) is 0.467. The van der Waals surface area contributed by atoms with Crippen molar-refractivity contribution in [2.45, 2.75) is 39.3 Å². The lowest BCUT2D eigenvalue weighted by molar-refractivity contribution is -0.192. The van der Waals surface area contributed by atoms with E-state index in [0.717, 1.165) is 37.8 Å². The Morgan fingerprint density at radius 1 is 1.33 bits per heavy atom. The Balaban J connectivity index is 0.000000321. The van der Waals surface area contributed by atoms with Crippen molar-refractivity contribution in [1.82, 2.24) is 25.0 Å². The number of carboxylic acid groups (broad SMARTS) is 1. The SMILES string of the molecule is CC(=O)NCc1nnc2n1CCN(Cc1cccs1)C2.O=C(O)C(F)(F)F. The minimum atomic E-state index is -5.08. The van der Waals surface area contributed by atoms with E-state index in [1.165, 1.54) is 11.8 Å². The number of nitrogens with zero attached hydrogens (tertiary/aromatic N) is 4. The van der Waals surface area contributed by atoms with Crippen LogP contribution in [0.3, 0.4) is 0 Å². The summed E-state index contributed by atoms with van der Waals surface area (Å²) in [5.41, 5.74) is 0. The number of amides is 1. The van der Waals surface area contributed by atoms with E-state index in [1.54, 1.807) is 11.3 Å². The van der Waals surface area contributed by atoms with Crippen LogP contribution in [0.5, 0.6) is 0 Å². The molecule has 12 heteroatoms. The van der Waals surface area contributed by atoms with E-state index >= 15 is 0 Å². The van der Waals surface area contributed by atoms with Crippen LogP contribution >= 0.6 is 11.3 Å². The van der Waals surface area contributed by atoms with Gasteiger partial charge in [0.15, 0.2) is 5.82 Å². The van der Waals surface area contributed by atoms with Crippen LogP contribution in [-0.4, -0.2) is 49.4 Å². The van der Waals surface area contributed by atoms with Gasteiger partial charge in [-0.05, 0) is 11.4 Å². The van der Waals surface area contributed by atoms with E-state index in [4.69, 9.17) is 9.90 Å². The Labute approximate surface area is 156 Å². The maximum atomic E-state index is 11.0. The van der Waals surface area contributed by atoms with Crippen LogP contribution in [0.25, 0.3) is 0 Å². The van der Waals surface area contributed by atoms with Crippen LogP contribution in [0.15, 0.2) is 17.5 Å². The van der Waals surface area contributed by atoms with Gasteiger partial charge in [0.1, 0.15) is 5.82 Å². The van der Waals surface area contributed by atoms with E-state index in [-0.39, 0.29) is 5.91 Å². The Morgan fingerprint density at radius 2 is 2.04 bits per heavy atom. The third-order valence-electron chi connectivity index (χ3n) is 3.61. The molecular formula is C15H18F3N5O3S. The molecule has 0 radical (unpaired) electrons. The minimum Gasteiger partial charge on any atom is -0.475 e. The first-order valence-electron chi connectivity index (χ1n) is 7.87. The molecular weight excluding hydrogens is 387 g/mol. The summed E-state index contributed by atoms with van der Waals surface area (Å²) in [6, 6.07) is 4.24. The van der Waals surface area contributed by atoms with Gasteiger partial charge in [0.2, 0.25) is 5.91 Å². The van der Waals surface area contributed by atoms with Crippen LogP contribution in [0.2, 0.25) is 0 Å². The van der Waals surface area contributed by atoms with Gasteiger partial charge in [0.05, 0.1) is 13.1 Å². The number of alkyl halides is 3. The van der Waals surface area contributed by atoms with Crippen LogP contribution in [-0.2, 0) is 35.8 Å². The summed E-state index contributed by atoms with van der Waals surface area (Å²) in [5, 5.41) is 20.4. The summed E-state index contributed by atoms with van der Waals surface area (Å²) < 4.78 is 33.8. The molecule has 27 heavy (non-hydrogen) atoms. The number of carbonyl (C=O) groups is 2. The molecule has 2 aromatic heterocycles. The first-order valence-corrected chi connectivity index (χ1v) is 8.75. The average molecular weight is 405 g/mol. The summed E-state index contributed by atoms with van der Waals surface area (Å²) in [4.78, 5) is 23.6. The molecule has 0 saturated carbocycles. The smallest absolute Gasteiger partial charge is 0.475 e. The van der Waals surface area contributed by atoms with Gasteiger partial charge >= 0.3 is 12.1 Å². The molecule has 2 aromatic rings. The highest BCUT2D eigenvalue weighted by atomic mass is 32.1.